The van der Waals surface area contributed by atoms with Gasteiger partial charge >= 0.3 is 0 Å². The molecule has 0 heterocycles. The van der Waals surface area contributed by atoms with Crippen molar-refractivity contribution in [3.63, 3.8) is 0 Å². The standard InChI is InChI=1S/C11H22S2/c1-11(2,8-12)9-13-10-6-4-3-5-7-10/h10,12H,3-9H2,1-2H3. The molecule has 2 heteroatoms. The molecule has 1 fully saturated rings. The van der Waals surface area contributed by atoms with Gasteiger partial charge in [0.1, 0.15) is 0 Å². The predicted octanol–water partition coefficient (Wildman–Crippen LogP) is 4.01. The maximum absolute atomic E-state index is 4.39. The first-order valence-electron chi connectivity index (χ1n) is 5.36. The largest absolute Gasteiger partial charge is 0.179 e. The van der Waals surface area contributed by atoms with E-state index in [4.69, 9.17) is 0 Å². The Morgan fingerprint density at radius 2 is 1.85 bits per heavy atom. The fourth-order valence-electron chi connectivity index (χ4n) is 1.62. The number of rotatable bonds is 4. The van der Waals surface area contributed by atoms with Crippen LogP contribution in [0.5, 0.6) is 0 Å². The number of hydrogen-bond donors (Lipinski definition) is 1. The van der Waals surface area contributed by atoms with Crippen LogP contribution >= 0.6 is 24.4 Å². The molecular formula is C11H22S2. The molecule has 0 amide bonds. The molecule has 13 heavy (non-hydrogen) atoms. The molecule has 1 rings (SSSR count). The summed E-state index contributed by atoms with van der Waals surface area (Å²) in [6.07, 6.45) is 7.28. The van der Waals surface area contributed by atoms with E-state index in [1.807, 2.05) is 0 Å². The summed E-state index contributed by atoms with van der Waals surface area (Å²) < 4.78 is 0. The van der Waals surface area contributed by atoms with Crippen molar-refractivity contribution in [2.24, 2.45) is 5.41 Å². The molecule has 0 aromatic heterocycles. The molecule has 0 spiro atoms. The summed E-state index contributed by atoms with van der Waals surface area (Å²) in [5.41, 5.74) is 0.422. The van der Waals surface area contributed by atoms with Crippen molar-refractivity contribution in [3.05, 3.63) is 0 Å². The highest BCUT2D eigenvalue weighted by atomic mass is 32.2. The Morgan fingerprint density at radius 3 is 2.38 bits per heavy atom. The van der Waals surface area contributed by atoms with Crippen molar-refractivity contribution in [1.82, 2.24) is 0 Å². The molecule has 0 nitrogen and oxygen atoms in total. The highest BCUT2D eigenvalue weighted by molar-refractivity contribution is 7.99. The Morgan fingerprint density at radius 1 is 1.23 bits per heavy atom. The zero-order valence-corrected chi connectivity index (χ0v) is 10.6. The molecule has 78 valence electrons. The smallest absolute Gasteiger partial charge is 0.00472 e. The molecule has 0 unspecified atom stereocenters. The van der Waals surface area contributed by atoms with E-state index in [0.717, 1.165) is 11.0 Å². The second-order valence-electron chi connectivity index (χ2n) is 4.89. The molecule has 0 atom stereocenters. The van der Waals surface area contributed by atoms with Crippen LogP contribution in [0.25, 0.3) is 0 Å². The molecule has 0 aliphatic heterocycles. The lowest BCUT2D eigenvalue weighted by atomic mass is 10.00. The zero-order valence-electron chi connectivity index (χ0n) is 8.88. The van der Waals surface area contributed by atoms with Crippen LogP contribution in [0, 0.1) is 5.41 Å². The summed E-state index contributed by atoms with van der Waals surface area (Å²) >= 11 is 6.57. The summed E-state index contributed by atoms with van der Waals surface area (Å²) in [5, 5.41) is 0.952. The third-order valence-corrected chi connectivity index (χ3v) is 5.44. The Labute approximate surface area is 92.7 Å². The van der Waals surface area contributed by atoms with E-state index in [2.05, 4.69) is 38.2 Å². The van der Waals surface area contributed by atoms with E-state index in [0.29, 0.717) is 5.41 Å². The second kappa shape index (κ2) is 5.55. The fourth-order valence-corrected chi connectivity index (χ4v) is 3.34. The molecule has 1 aliphatic carbocycles. The summed E-state index contributed by atoms with van der Waals surface area (Å²) in [6.45, 7) is 4.63. The molecule has 1 aliphatic rings. The molecule has 0 radical (unpaired) electrons. The zero-order chi connectivity index (χ0) is 9.73. The van der Waals surface area contributed by atoms with Crippen molar-refractivity contribution in [3.8, 4) is 0 Å². The topological polar surface area (TPSA) is 0 Å². The van der Waals surface area contributed by atoms with E-state index < -0.39 is 0 Å². The Balaban J connectivity index is 2.17. The van der Waals surface area contributed by atoms with Crippen LogP contribution in [-0.2, 0) is 0 Å². The third-order valence-electron chi connectivity index (χ3n) is 2.69. The van der Waals surface area contributed by atoms with Crippen LogP contribution in [0.1, 0.15) is 46.0 Å². The van der Waals surface area contributed by atoms with E-state index >= 15 is 0 Å². The normalized spacial score (nSPS) is 20.5. The summed E-state index contributed by atoms with van der Waals surface area (Å²) in [6, 6.07) is 0. The van der Waals surface area contributed by atoms with Gasteiger partial charge in [-0.2, -0.15) is 24.4 Å². The van der Waals surface area contributed by atoms with Gasteiger partial charge in [0, 0.05) is 5.25 Å². The van der Waals surface area contributed by atoms with E-state index in [1.54, 1.807) is 0 Å². The molecule has 1 saturated carbocycles. The fraction of sp³-hybridized carbons (Fsp3) is 1.00. The minimum absolute atomic E-state index is 0.422. The molecule has 0 bridgehead atoms. The minimum Gasteiger partial charge on any atom is -0.179 e. The van der Waals surface area contributed by atoms with Gasteiger partial charge in [0.25, 0.3) is 0 Å². The van der Waals surface area contributed by atoms with Gasteiger partial charge in [-0.15, -0.1) is 0 Å². The molecule has 0 aromatic rings. The van der Waals surface area contributed by atoms with Gasteiger partial charge in [-0.25, -0.2) is 0 Å². The van der Waals surface area contributed by atoms with Crippen LogP contribution in [0.15, 0.2) is 0 Å². The monoisotopic (exact) mass is 218 g/mol. The quantitative estimate of drug-likeness (QED) is 0.696. The van der Waals surface area contributed by atoms with Gasteiger partial charge in [0.2, 0.25) is 0 Å². The highest BCUT2D eigenvalue weighted by Crippen LogP contribution is 2.32. The lowest BCUT2D eigenvalue weighted by Gasteiger charge is -2.27. The average molecular weight is 218 g/mol. The molecule has 0 N–H and O–H groups in total. The van der Waals surface area contributed by atoms with E-state index in [9.17, 15) is 0 Å². The first kappa shape index (κ1) is 11.8. The Kier molecular flexibility index (Phi) is 5.03. The van der Waals surface area contributed by atoms with Gasteiger partial charge in [-0.3, -0.25) is 0 Å². The van der Waals surface area contributed by atoms with Crippen LogP contribution in [0.3, 0.4) is 0 Å². The molecular weight excluding hydrogens is 196 g/mol. The number of thioether (sulfide) groups is 1. The highest BCUT2D eigenvalue weighted by Gasteiger charge is 2.20. The Hall–Kier alpha value is 0.700. The Bertz CT molecular complexity index is 137. The van der Waals surface area contributed by atoms with Crippen molar-refractivity contribution >= 4 is 24.4 Å². The van der Waals surface area contributed by atoms with Gasteiger partial charge < -0.3 is 0 Å². The average Bonchev–Trinajstić information content (AvgIpc) is 2.17. The van der Waals surface area contributed by atoms with Gasteiger partial charge in [0.05, 0.1) is 0 Å². The summed E-state index contributed by atoms with van der Waals surface area (Å²) in [7, 11) is 0. The van der Waals surface area contributed by atoms with Crippen molar-refractivity contribution in [1.29, 1.82) is 0 Å². The lowest BCUT2D eigenvalue weighted by Crippen LogP contribution is -2.20. The van der Waals surface area contributed by atoms with Crippen LogP contribution in [-0.4, -0.2) is 16.8 Å². The van der Waals surface area contributed by atoms with Crippen LogP contribution in [0.4, 0.5) is 0 Å². The first-order valence-corrected chi connectivity index (χ1v) is 7.05. The van der Waals surface area contributed by atoms with E-state index in [1.165, 1.54) is 37.9 Å². The van der Waals surface area contributed by atoms with Crippen LogP contribution in [0.2, 0.25) is 0 Å². The summed E-state index contributed by atoms with van der Waals surface area (Å²) in [4.78, 5) is 0. The molecule has 0 saturated heterocycles. The first-order chi connectivity index (χ1) is 6.14. The van der Waals surface area contributed by atoms with Crippen molar-refractivity contribution in [2.45, 2.75) is 51.2 Å². The van der Waals surface area contributed by atoms with Crippen molar-refractivity contribution in [2.75, 3.05) is 11.5 Å². The minimum atomic E-state index is 0.422. The summed E-state index contributed by atoms with van der Waals surface area (Å²) in [5.74, 6) is 2.29. The predicted molar refractivity (Wildman–Crippen MR) is 67.0 cm³/mol. The molecule has 0 aromatic carbocycles. The van der Waals surface area contributed by atoms with Gasteiger partial charge in [-0.05, 0) is 29.8 Å². The van der Waals surface area contributed by atoms with Gasteiger partial charge in [0.15, 0.2) is 0 Å². The van der Waals surface area contributed by atoms with E-state index in [-0.39, 0.29) is 0 Å². The SMILES string of the molecule is CC(C)(CS)CSC1CCCCC1. The van der Waals surface area contributed by atoms with Crippen LogP contribution < -0.4 is 0 Å². The maximum Gasteiger partial charge on any atom is 0.00472 e. The number of hydrogen-bond acceptors (Lipinski definition) is 2. The third kappa shape index (κ3) is 4.64. The lowest BCUT2D eigenvalue weighted by molar-refractivity contribution is 0.483. The second-order valence-corrected chi connectivity index (χ2v) is 6.50. The number of thiol groups is 1. The maximum atomic E-state index is 4.39. The van der Waals surface area contributed by atoms with Crippen molar-refractivity contribution < 1.29 is 0 Å². The van der Waals surface area contributed by atoms with Gasteiger partial charge in [-0.1, -0.05) is 33.1 Å².